The average molecular weight is 425 g/mol. The van der Waals surface area contributed by atoms with Gasteiger partial charge in [-0.2, -0.15) is 0 Å². The van der Waals surface area contributed by atoms with E-state index < -0.39 is 15.5 Å². The van der Waals surface area contributed by atoms with E-state index in [1.165, 1.54) is 19.8 Å². The molecule has 1 saturated carbocycles. The maximum absolute atomic E-state index is 7.00. The number of ether oxygens (including phenoxy) is 2. The molecule has 1 aromatic rings. The minimum absolute atomic E-state index is 0.104. The van der Waals surface area contributed by atoms with Crippen LogP contribution in [0.2, 0.25) is 0 Å². The third kappa shape index (κ3) is 2.51. The highest BCUT2D eigenvalue weighted by molar-refractivity contribution is 6.51. The molecule has 1 fully saturated rings. The smallest absolute Gasteiger partial charge is 0.217 e. The van der Waals surface area contributed by atoms with Crippen LogP contribution in [-0.2, 0) is 9.47 Å². The molecule has 0 aromatic heterocycles. The second-order valence-corrected chi connectivity index (χ2v) is 8.60. The van der Waals surface area contributed by atoms with E-state index in [2.05, 4.69) is 24.4 Å². The molecule has 1 aromatic carbocycles. The number of methoxy groups -OCH3 is 2. The van der Waals surface area contributed by atoms with Crippen molar-refractivity contribution >= 4 is 46.4 Å². The monoisotopic (exact) mass is 423 g/mol. The van der Waals surface area contributed by atoms with Crippen molar-refractivity contribution in [3.8, 4) is 0 Å². The molecular formula is C18H21Cl4NO2. The van der Waals surface area contributed by atoms with E-state index in [9.17, 15) is 0 Å². The predicted molar refractivity (Wildman–Crippen MR) is 104 cm³/mol. The first-order chi connectivity index (χ1) is 11.8. The van der Waals surface area contributed by atoms with Gasteiger partial charge in [0.15, 0.2) is 0 Å². The Bertz CT molecular complexity index is 679. The lowest BCUT2D eigenvalue weighted by molar-refractivity contribution is -0.218. The Labute approximate surface area is 168 Å². The first kappa shape index (κ1) is 19.8. The summed E-state index contributed by atoms with van der Waals surface area (Å²) in [5, 5.41) is 4.12. The maximum Gasteiger partial charge on any atom is 0.217 e. The molecule has 3 nitrogen and oxygen atoms in total. The van der Waals surface area contributed by atoms with Crippen LogP contribution in [0, 0.1) is 5.92 Å². The molecule has 0 amide bonds. The average Bonchev–Trinajstić information content (AvgIpc) is 2.90. The van der Waals surface area contributed by atoms with E-state index in [4.69, 9.17) is 55.9 Å². The third-order valence-corrected chi connectivity index (χ3v) is 8.12. The lowest BCUT2D eigenvalue weighted by Crippen LogP contribution is -2.57. The van der Waals surface area contributed by atoms with Crippen LogP contribution in [0.4, 0.5) is 0 Å². The number of alkyl halides is 2. The van der Waals surface area contributed by atoms with Gasteiger partial charge in [-0.1, -0.05) is 53.5 Å². The molecule has 0 spiro atoms. The highest BCUT2D eigenvalue weighted by Crippen LogP contribution is 2.71. The van der Waals surface area contributed by atoms with Crippen molar-refractivity contribution in [3.63, 3.8) is 0 Å². The van der Waals surface area contributed by atoms with Gasteiger partial charge in [-0.25, -0.2) is 0 Å². The topological polar surface area (TPSA) is 30.5 Å². The van der Waals surface area contributed by atoms with E-state index >= 15 is 0 Å². The van der Waals surface area contributed by atoms with Gasteiger partial charge in [0.2, 0.25) is 5.79 Å². The number of rotatable bonds is 6. The molecule has 0 aliphatic heterocycles. The number of benzene rings is 1. The zero-order valence-corrected chi connectivity index (χ0v) is 17.3. The summed E-state index contributed by atoms with van der Waals surface area (Å²) in [5.41, 5.74) is 1.19. The van der Waals surface area contributed by atoms with Crippen LogP contribution >= 0.6 is 46.4 Å². The Kier molecular flexibility index (Phi) is 5.43. The number of hydrogen-bond donors (Lipinski definition) is 1. The zero-order chi connectivity index (χ0) is 18.5. The van der Waals surface area contributed by atoms with Crippen LogP contribution in [0.25, 0.3) is 0 Å². The highest BCUT2D eigenvalue weighted by atomic mass is 35.5. The molecule has 2 bridgehead atoms. The standard InChI is InChI=1S/C18H21Cl4NO2/c1-11(12-7-5-4-6-8-12)23-10-13-9-16(21)14(19)15(20)17(13,22)18(16,24-2)25-3/h4-8,11,13,23H,9-10H2,1-3H3/t11-,13+,16+,17-/m1/s1. The molecule has 0 heterocycles. The number of halogens is 4. The molecule has 0 saturated heterocycles. The van der Waals surface area contributed by atoms with E-state index in [-0.39, 0.29) is 12.0 Å². The van der Waals surface area contributed by atoms with Gasteiger partial charge >= 0.3 is 0 Å². The lowest BCUT2D eigenvalue weighted by Gasteiger charge is -2.41. The normalized spacial score (nSPS) is 34.6. The van der Waals surface area contributed by atoms with Crippen LogP contribution in [0.5, 0.6) is 0 Å². The Morgan fingerprint density at radius 2 is 1.72 bits per heavy atom. The van der Waals surface area contributed by atoms with Crippen molar-refractivity contribution in [1.29, 1.82) is 0 Å². The molecule has 3 rings (SSSR count). The fraction of sp³-hybridized carbons (Fsp3) is 0.556. The molecule has 2 aliphatic carbocycles. The number of nitrogens with one attached hydrogen (secondary N) is 1. The Balaban J connectivity index is 1.85. The second-order valence-electron chi connectivity index (χ2n) is 6.61. The van der Waals surface area contributed by atoms with E-state index in [0.717, 1.165) is 0 Å². The summed E-state index contributed by atoms with van der Waals surface area (Å²) in [5.74, 6) is -1.41. The van der Waals surface area contributed by atoms with Gasteiger partial charge in [-0.05, 0) is 18.9 Å². The molecule has 138 valence electrons. The summed E-state index contributed by atoms with van der Waals surface area (Å²) in [6.45, 7) is 2.70. The van der Waals surface area contributed by atoms with Crippen molar-refractivity contribution in [1.82, 2.24) is 5.32 Å². The molecule has 7 heteroatoms. The quantitative estimate of drug-likeness (QED) is 0.514. The zero-order valence-electron chi connectivity index (χ0n) is 14.3. The second kappa shape index (κ2) is 6.87. The molecule has 4 atom stereocenters. The minimum Gasteiger partial charge on any atom is -0.350 e. The Morgan fingerprint density at radius 3 is 2.24 bits per heavy atom. The highest BCUT2D eigenvalue weighted by Gasteiger charge is 2.80. The van der Waals surface area contributed by atoms with Crippen LogP contribution < -0.4 is 5.32 Å². The first-order valence-corrected chi connectivity index (χ1v) is 9.62. The van der Waals surface area contributed by atoms with Gasteiger partial charge in [0.05, 0.1) is 10.1 Å². The SMILES string of the molecule is COC1(OC)[C@]2(Cl)C[C@@H](CN[C@H](C)c3ccccc3)[C@@]1(Cl)C(Cl)=C2Cl. The maximum atomic E-state index is 7.00. The van der Waals surface area contributed by atoms with Crippen molar-refractivity contribution in [3.05, 3.63) is 46.0 Å². The summed E-state index contributed by atoms with van der Waals surface area (Å²) >= 11 is 26.8. The largest absolute Gasteiger partial charge is 0.350 e. The van der Waals surface area contributed by atoms with Crippen molar-refractivity contribution in [2.45, 2.75) is 34.9 Å². The van der Waals surface area contributed by atoms with Crippen molar-refractivity contribution < 1.29 is 9.47 Å². The minimum atomic E-state index is -1.31. The number of fused-ring (bicyclic) bond motifs is 2. The van der Waals surface area contributed by atoms with Gasteiger partial charge < -0.3 is 14.8 Å². The summed E-state index contributed by atoms with van der Waals surface area (Å²) in [7, 11) is 3.03. The van der Waals surface area contributed by atoms with Gasteiger partial charge in [-0.15, -0.1) is 23.2 Å². The summed E-state index contributed by atoms with van der Waals surface area (Å²) < 4.78 is 11.4. The van der Waals surface area contributed by atoms with Crippen LogP contribution in [0.3, 0.4) is 0 Å². The Morgan fingerprint density at radius 1 is 1.12 bits per heavy atom. The lowest BCUT2D eigenvalue weighted by atomic mass is 9.90. The number of hydrogen-bond acceptors (Lipinski definition) is 3. The molecular weight excluding hydrogens is 404 g/mol. The third-order valence-electron chi connectivity index (χ3n) is 5.50. The van der Waals surface area contributed by atoms with Crippen LogP contribution in [0.1, 0.15) is 24.9 Å². The summed E-state index contributed by atoms with van der Waals surface area (Å²) in [4.78, 5) is -2.24. The van der Waals surface area contributed by atoms with Gasteiger partial charge in [0, 0.05) is 32.7 Å². The van der Waals surface area contributed by atoms with E-state index in [1.54, 1.807) is 0 Å². The van der Waals surface area contributed by atoms with Gasteiger partial charge in [-0.3, -0.25) is 0 Å². The van der Waals surface area contributed by atoms with E-state index in [1.807, 2.05) is 18.2 Å². The van der Waals surface area contributed by atoms with Crippen molar-refractivity contribution in [2.24, 2.45) is 5.92 Å². The van der Waals surface area contributed by atoms with Crippen LogP contribution in [0.15, 0.2) is 40.4 Å². The molecule has 2 aliphatic rings. The van der Waals surface area contributed by atoms with Crippen molar-refractivity contribution in [2.75, 3.05) is 20.8 Å². The predicted octanol–water partition coefficient (Wildman–Crippen LogP) is 5.00. The van der Waals surface area contributed by atoms with E-state index in [0.29, 0.717) is 23.0 Å². The summed E-state index contributed by atoms with van der Waals surface area (Å²) in [6.07, 6.45) is 0.503. The van der Waals surface area contributed by atoms with Crippen LogP contribution in [-0.4, -0.2) is 36.3 Å². The fourth-order valence-electron chi connectivity index (χ4n) is 4.16. The fourth-order valence-corrected chi connectivity index (χ4v) is 6.24. The molecule has 0 radical (unpaired) electrons. The molecule has 0 unspecified atom stereocenters. The Hall–Kier alpha value is -0.000000000000000167. The summed E-state index contributed by atoms with van der Waals surface area (Å²) in [6, 6.07) is 10.3. The molecule has 1 N–H and O–H groups in total. The first-order valence-electron chi connectivity index (χ1n) is 8.11. The van der Waals surface area contributed by atoms with Gasteiger partial charge in [0.25, 0.3) is 0 Å². The van der Waals surface area contributed by atoms with Gasteiger partial charge in [0.1, 0.15) is 9.75 Å². The molecule has 25 heavy (non-hydrogen) atoms.